The summed E-state index contributed by atoms with van der Waals surface area (Å²) >= 11 is 0. The molecule has 4 aliphatic heterocycles. The number of likely N-dealkylation sites (tertiary alicyclic amines) is 2. The Hall–Kier alpha value is -4.46. The van der Waals surface area contributed by atoms with Crippen molar-refractivity contribution < 1.29 is 27.1 Å². The third-order valence-corrected chi connectivity index (χ3v) is 12.5. The number of carbonyl (C=O) groups is 1. The molecule has 10 nitrogen and oxygen atoms in total. The molecule has 5 aliphatic rings. The summed E-state index contributed by atoms with van der Waals surface area (Å²) in [6.45, 7) is 10.8. The standard InChI is InChI=1S/C40H46F4N8O2/c1-4-31(53)52-21-39(22-52)11-15-49(16-12-39)36-28-17-27(25-6-7-25)33(32-24(2)5-8-30-29(32)18-45-48-30)35(54-23-40(42,43)44)34(28)46-37(47-36)50-13-9-26(19-50)51-14-10-38(3,41)20-51/h4-5,8,17-18,25-26H,1,6-7,9-16,19-23H2,2-3H3,(H,45,48)/t26-,38?/m1/s1. The van der Waals surface area contributed by atoms with E-state index in [1.54, 1.807) is 13.1 Å². The number of halogens is 4. The van der Waals surface area contributed by atoms with Crippen LogP contribution in [0.1, 0.15) is 62.5 Å². The highest BCUT2D eigenvalue weighted by Gasteiger charge is 2.47. The highest BCUT2D eigenvalue weighted by atomic mass is 19.4. The quantitative estimate of drug-likeness (QED) is 0.153. The van der Waals surface area contributed by atoms with Crippen LogP contribution in [0.4, 0.5) is 29.3 Å². The van der Waals surface area contributed by atoms with E-state index in [0.717, 1.165) is 59.7 Å². The second kappa shape index (κ2) is 12.8. The number of hydrogen-bond donors (Lipinski definition) is 1. The van der Waals surface area contributed by atoms with Gasteiger partial charge in [0.15, 0.2) is 12.4 Å². The Kier molecular flexibility index (Phi) is 8.36. The molecular weight excluding hydrogens is 700 g/mol. The molecule has 1 unspecified atom stereocenters. The van der Waals surface area contributed by atoms with E-state index in [0.29, 0.717) is 87.0 Å². The van der Waals surface area contributed by atoms with Crippen LogP contribution in [0.25, 0.3) is 32.9 Å². The molecule has 1 amide bonds. The molecule has 54 heavy (non-hydrogen) atoms. The number of nitrogens with zero attached hydrogens (tertiary/aromatic N) is 7. The molecule has 2 aromatic heterocycles. The minimum absolute atomic E-state index is 0.0256. The molecule has 1 saturated carbocycles. The first-order valence-corrected chi connectivity index (χ1v) is 19.2. The third-order valence-electron chi connectivity index (χ3n) is 12.5. The van der Waals surface area contributed by atoms with Crippen molar-refractivity contribution in [2.24, 2.45) is 5.41 Å². The molecule has 0 bridgehead atoms. The normalized spacial score (nSPS) is 24.6. The number of carbonyl (C=O) groups excluding carboxylic acids is 1. The Balaban J connectivity index is 1.19. The van der Waals surface area contributed by atoms with Crippen LogP contribution in [0.15, 0.2) is 37.1 Å². The van der Waals surface area contributed by atoms with E-state index in [9.17, 15) is 22.4 Å². The van der Waals surface area contributed by atoms with E-state index in [4.69, 9.17) is 14.7 Å². The summed E-state index contributed by atoms with van der Waals surface area (Å²) in [5.74, 6) is 1.34. The highest BCUT2D eigenvalue weighted by molar-refractivity contribution is 6.06. The minimum Gasteiger partial charge on any atom is -0.481 e. The summed E-state index contributed by atoms with van der Waals surface area (Å²) in [5, 5.41) is 8.80. The molecule has 1 N–H and O–H groups in total. The molecule has 2 atom stereocenters. The molecule has 14 heteroatoms. The van der Waals surface area contributed by atoms with Crippen LogP contribution < -0.4 is 14.5 Å². The fraction of sp³-hybridized carbons (Fsp3) is 0.550. The molecule has 4 saturated heterocycles. The van der Waals surface area contributed by atoms with Crippen molar-refractivity contribution in [2.45, 2.75) is 76.2 Å². The van der Waals surface area contributed by atoms with Gasteiger partial charge >= 0.3 is 6.18 Å². The van der Waals surface area contributed by atoms with Crippen molar-refractivity contribution in [3.05, 3.63) is 48.2 Å². The van der Waals surface area contributed by atoms with Crippen molar-refractivity contribution >= 4 is 39.5 Å². The number of ether oxygens (including phenoxy) is 1. The maximum Gasteiger partial charge on any atom is 0.422 e. The van der Waals surface area contributed by atoms with Gasteiger partial charge in [-0.05, 0) is 93.2 Å². The van der Waals surface area contributed by atoms with E-state index < -0.39 is 18.5 Å². The Morgan fingerprint density at radius 3 is 2.48 bits per heavy atom. The zero-order chi connectivity index (χ0) is 37.6. The molecule has 6 heterocycles. The van der Waals surface area contributed by atoms with Crippen molar-refractivity contribution in [3.8, 4) is 16.9 Å². The van der Waals surface area contributed by atoms with Gasteiger partial charge in [0.1, 0.15) is 17.0 Å². The highest BCUT2D eigenvalue weighted by Crippen LogP contribution is 2.53. The van der Waals surface area contributed by atoms with Crippen molar-refractivity contribution in [1.82, 2.24) is 30.0 Å². The summed E-state index contributed by atoms with van der Waals surface area (Å²) < 4.78 is 63.3. The SMILES string of the molecule is C=CC(=O)N1CC2(CCN(c3nc(N4CC[C@@H](N5CCC(C)(F)C5)C4)nc4c(OCC(F)(F)F)c(-c5c(C)ccc6[nH]ncc56)c(C5CC5)cc34)CC2)C1. The molecule has 1 spiro atoms. The number of anilines is 2. The van der Waals surface area contributed by atoms with Gasteiger partial charge in [-0.3, -0.25) is 14.8 Å². The molecule has 286 valence electrons. The first-order chi connectivity index (χ1) is 25.8. The number of aromatic amines is 1. The number of amides is 1. The molecule has 5 fully saturated rings. The van der Waals surface area contributed by atoms with Crippen molar-refractivity contribution in [1.29, 1.82) is 0 Å². The molecular formula is C40H46F4N8O2. The number of H-pyrrole nitrogens is 1. The van der Waals surface area contributed by atoms with E-state index >= 15 is 0 Å². The topological polar surface area (TPSA) is 93.7 Å². The first-order valence-electron chi connectivity index (χ1n) is 19.2. The largest absolute Gasteiger partial charge is 0.481 e. The Labute approximate surface area is 311 Å². The lowest BCUT2D eigenvalue weighted by Crippen LogP contribution is -2.61. The average molecular weight is 747 g/mol. The maximum absolute atomic E-state index is 14.9. The summed E-state index contributed by atoms with van der Waals surface area (Å²) in [5.41, 5.74) is 3.19. The Morgan fingerprint density at radius 1 is 1.02 bits per heavy atom. The molecule has 4 aromatic rings. The van der Waals surface area contributed by atoms with Crippen molar-refractivity contribution in [2.75, 3.05) is 68.8 Å². The zero-order valence-corrected chi connectivity index (χ0v) is 30.8. The van der Waals surface area contributed by atoms with Crippen LogP contribution >= 0.6 is 0 Å². The van der Waals surface area contributed by atoms with E-state index in [2.05, 4.69) is 37.5 Å². The van der Waals surface area contributed by atoms with Crippen molar-refractivity contribution in [3.63, 3.8) is 0 Å². The van der Waals surface area contributed by atoms with Gasteiger partial charge in [0.2, 0.25) is 11.9 Å². The van der Waals surface area contributed by atoms with Crippen LogP contribution in [-0.2, 0) is 4.79 Å². The van der Waals surface area contributed by atoms with Gasteiger partial charge < -0.3 is 19.4 Å². The number of aryl methyl sites for hydroxylation is 1. The lowest BCUT2D eigenvalue weighted by Gasteiger charge is -2.54. The minimum atomic E-state index is -4.58. The number of benzene rings is 2. The second-order valence-electron chi connectivity index (χ2n) is 16.6. The second-order valence-corrected chi connectivity index (χ2v) is 16.6. The van der Waals surface area contributed by atoms with Crippen LogP contribution in [0.3, 0.4) is 0 Å². The summed E-state index contributed by atoms with van der Waals surface area (Å²) in [6, 6.07) is 6.12. The summed E-state index contributed by atoms with van der Waals surface area (Å²) in [6.07, 6.45) is 3.34. The van der Waals surface area contributed by atoms with Crippen LogP contribution in [0.2, 0.25) is 0 Å². The number of piperidine rings is 1. The monoisotopic (exact) mass is 746 g/mol. The smallest absolute Gasteiger partial charge is 0.422 e. The van der Waals surface area contributed by atoms with E-state index in [1.165, 1.54) is 6.08 Å². The number of hydrogen-bond acceptors (Lipinski definition) is 8. The molecule has 9 rings (SSSR count). The lowest BCUT2D eigenvalue weighted by atomic mass is 9.72. The zero-order valence-electron chi connectivity index (χ0n) is 30.8. The van der Waals surface area contributed by atoms with Gasteiger partial charge in [0.25, 0.3) is 0 Å². The van der Waals surface area contributed by atoms with Crippen LogP contribution in [0.5, 0.6) is 5.75 Å². The maximum atomic E-state index is 14.9. The fourth-order valence-electron chi connectivity index (χ4n) is 9.39. The van der Waals surface area contributed by atoms with Crippen LogP contribution in [0, 0.1) is 12.3 Å². The summed E-state index contributed by atoms with van der Waals surface area (Å²) in [4.78, 5) is 31.0. The number of fused-ring (bicyclic) bond motifs is 2. The van der Waals surface area contributed by atoms with E-state index in [1.807, 2.05) is 24.0 Å². The molecule has 2 aromatic carbocycles. The Bertz CT molecular complexity index is 2130. The van der Waals surface area contributed by atoms with Gasteiger partial charge in [-0.1, -0.05) is 12.6 Å². The average Bonchev–Trinajstić information content (AvgIpc) is 3.47. The first kappa shape index (κ1) is 35.3. The number of aromatic nitrogens is 4. The van der Waals surface area contributed by atoms with Gasteiger partial charge in [-0.2, -0.15) is 23.3 Å². The number of alkyl halides is 4. The Morgan fingerprint density at radius 2 is 1.80 bits per heavy atom. The molecule has 0 radical (unpaired) electrons. The predicted octanol–water partition coefficient (Wildman–Crippen LogP) is 6.93. The predicted molar refractivity (Wildman–Crippen MR) is 200 cm³/mol. The van der Waals surface area contributed by atoms with Crippen LogP contribution in [-0.4, -0.2) is 113 Å². The summed E-state index contributed by atoms with van der Waals surface area (Å²) in [7, 11) is 0. The van der Waals surface area contributed by atoms with Gasteiger partial charge in [0.05, 0.1) is 11.7 Å². The van der Waals surface area contributed by atoms with Gasteiger partial charge in [0, 0.05) is 80.2 Å². The lowest BCUT2D eigenvalue weighted by molar-refractivity contribution is -0.153. The fourth-order valence-corrected chi connectivity index (χ4v) is 9.39. The number of nitrogens with one attached hydrogen (secondary N) is 1. The van der Waals surface area contributed by atoms with E-state index in [-0.39, 0.29) is 29.0 Å². The number of rotatable bonds is 8. The molecule has 1 aliphatic carbocycles. The van der Waals surface area contributed by atoms with Gasteiger partial charge in [-0.15, -0.1) is 0 Å². The third kappa shape index (κ3) is 6.33. The van der Waals surface area contributed by atoms with Gasteiger partial charge in [-0.25, -0.2) is 9.37 Å².